The van der Waals surface area contributed by atoms with E-state index in [-0.39, 0.29) is 11.9 Å². The number of carbonyl (C=O) groups excluding carboxylic acids is 1. The van der Waals surface area contributed by atoms with Gasteiger partial charge in [-0.3, -0.25) is 4.79 Å². The minimum absolute atomic E-state index is 0.0306. The van der Waals surface area contributed by atoms with Crippen LogP contribution in [0, 0.1) is 0 Å². The van der Waals surface area contributed by atoms with Gasteiger partial charge in [0.05, 0.1) is 5.56 Å². The van der Waals surface area contributed by atoms with Crippen LogP contribution in [0.15, 0.2) is 29.2 Å². The molecule has 1 atom stereocenters. The zero-order chi connectivity index (χ0) is 12.8. The first-order valence-electron chi connectivity index (χ1n) is 6.11. The molecule has 0 fully saturated rings. The zero-order valence-electron chi connectivity index (χ0n) is 11.0. The Balaban J connectivity index is 2.85. The Bertz CT molecular complexity index is 376. The zero-order valence-corrected chi connectivity index (χ0v) is 11.8. The number of rotatable bonds is 5. The van der Waals surface area contributed by atoms with Crippen LogP contribution in [0.4, 0.5) is 0 Å². The Hall–Kier alpha value is -0.960. The minimum Gasteiger partial charge on any atom is -0.350 e. The molecule has 94 valence electrons. The number of thioether (sulfide) groups is 1. The number of carbonyl (C=O) groups is 1. The van der Waals surface area contributed by atoms with E-state index in [1.54, 1.807) is 11.8 Å². The number of amides is 1. The third kappa shape index (κ3) is 4.43. The summed E-state index contributed by atoms with van der Waals surface area (Å²) in [5.41, 5.74) is 0.784. The van der Waals surface area contributed by atoms with Gasteiger partial charge in [0, 0.05) is 16.2 Å². The highest BCUT2D eigenvalue weighted by Crippen LogP contribution is 2.26. The standard InChI is InChI=1S/C14H21NOS/c1-5-11(4)15-14(16)12-8-6-7-9-13(12)17-10(2)3/h6-11H,5H2,1-4H3,(H,15,16). The highest BCUT2D eigenvalue weighted by Gasteiger charge is 2.13. The van der Waals surface area contributed by atoms with Gasteiger partial charge >= 0.3 is 0 Å². The first-order valence-corrected chi connectivity index (χ1v) is 6.99. The summed E-state index contributed by atoms with van der Waals surface area (Å²) >= 11 is 1.73. The van der Waals surface area contributed by atoms with Gasteiger partial charge in [-0.1, -0.05) is 32.9 Å². The van der Waals surface area contributed by atoms with Crippen molar-refractivity contribution in [2.45, 2.75) is 50.3 Å². The Kier molecular flexibility index (Phi) is 5.56. The lowest BCUT2D eigenvalue weighted by atomic mass is 10.2. The van der Waals surface area contributed by atoms with Gasteiger partial charge in [0.2, 0.25) is 0 Å². The second kappa shape index (κ2) is 6.70. The van der Waals surface area contributed by atoms with Crippen molar-refractivity contribution >= 4 is 17.7 Å². The van der Waals surface area contributed by atoms with Gasteiger partial charge in [-0.25, -0.2) is 0 Å². The normalized spacial score (nSPS) is 12.5. The lowest BCUT2D eigenvalue weighted by molar-refractivity contribution is 0.0936. The van der Waals surface area contributed by atoms with Crippen LogP contribution in [-0.4, -0.2) is 17.2 Å². The van der Waals surface area contributed by atoms with Crippen LogP contribution in [0.1, 0.15) is 44.5 Å². The first-order chi connectivity index (χ1) is 8.04. The smallest absolute Gasteiger partial charge is 0.252 e. The van der Waals surface area contributed by atoms with Gasteiger partial charge in [-0.15, -0.1) is 11.8 Å². The summed E-state index contributed by atoms with van der Waals surface area (Å²) in [6.07, 6.45) is 0.950. The van der Waals surface area contributed by atoms with Crippen LogP contribution >= 0.6 is 11.8 Å². The van der Waals surface area contributed by atoms with Crippen LogP contribution in [0.3, 0.4) is 0 Å². The largest absolute Gasteiger partial charge is 0.350 e. The summed E-state index contributed by atoms with van der Waals surface area (Å²) in [5, 5.41) is 3.49. The van der Waals surface area contributed by atoms with E-state index >= 15 is 0 Å². The molecule has 1 unspecified atom stereocenters. The predicted octanol–water partition coefficient (Wildman–Crippen LogP) is 3.72. The fraction of sp³-hybridized carbons (Fsp3) is 0.500. The van der Waals surface area contributed by atoms with Crippen molar-refractivity contribution in [2.24, 2.45) is 0 Å². The summed E-state index contributed by atoms with van der Waals surface area (Å²) in [4.78, 5) is 13.2. The molecule has 2 nitrogen and oxygen atoms in total. The topological polar surface area (TPSA) is 29.1 Å². The molecule has 0 aliphatic rings. The molecule has 1 amide bonds. The van der Waals surface area contributed by atoms with Crippen LogP contribution in [0.25, 0.3) is 0 Å². The summed E-state index contributed by atoms with van der Waals surface area (Å²) in [7, 11) is 0. The molecular formula is C14H21NOS. The van der Waals surface area contributed by atoms with E-state index in [1.807, 2.05) is 31.2 Å². The number of benzene rings is 1. The fourth-order valence-electron chi connectivity index (χ4n) is 1.41. The van der Waals surface area contributed by atoms with Crippen LogP contribution in [0.2, 0.25) is 0 Å². The molecule has 0 aliphatic carbocycles. The molecule has 3 heteroatoms. The van der Waals surface area contributed by atoms with E-state index in [0.717, 1.165) is 16.9 Å². The highest BCUT2D eigenvalue weighted by molar-refractivity contribution is 8.00. The van der Waals surface area contributed by atoms with Crippen LogP contribution < -0.4 is 5.32 Å². The van der Waals surface area contributed by atoms with Gasteiger partial charge in [0.25, 0.3) is 5.91 Å². The van der Waals surface area contributed by atoms with E-state index in [9.17, 15) is 4.79 Å². The molecule has 0 spiro atoms. The second-order valence-electron chi connectivity index (χ2n) is 4.45. The van der Waals surface area contributed by atoms with E-state index in [1.165, 1.54) is 0 Å². The lowest BCUT2D eigenvalue weighted by Gasteiger charge is -2.14. The van der Waals surface area contributed by atoms with Crippen LogP contribution in [0.5, 0.6) is 0 Å². The third-order valence-electron chi connectivity index (χ3n) is 2.48. The quantitative estimate of drug-likeness (QED) is 0.808. The van der Waals surface area contributed by atoms with Crippen molar-refractivity contribution < 1.29 is 4.79 Å². The Labute approximate surface area is 108 Å². The third-order valence-corrected chi connectivity index (χ3v) is 3.57. The summed E-state index contributed by atoms with van der Waals surface area (Å²) in [6.45, 7) is 8.36. The monoisotopic (exact) mass is 251 g/mol. The van der Waals surface area contributed by atoms with Crippen molar-refractivity contribution in [3.63, 3.8) is 0 Å². The maximum Gasteiger partial charge on any atom is 0.252 e. The van der Waals surface area contributed by atoms with Crippen molar-refractivity contribution in [3.05, 3.63) is 29.8 Å². The molecule has 0 heterocycles. The van der Waals surface area contributed by atoms with E-state index in [0.29, 0.717) is 5.25 Å². The number of hydrogen-bond acceptors (Lipinski definition) is 2. The maximum absolute atomic E-state index is 12.1. The molecule has 0 saturated carbocycles. The average Bonchev–Trinajstić information content (AvgIpc) is 2.28. The van der Waals surface area contributed by atoms with Gasteiger partial charge in [-0.2, -0.15) is 0 Å². The molecule has 0 bridgehead atoms. The molecular weight excluding hydrogens is 230 g/mol. The molecule has 1 rings (SSSR count). The van der Waals surface area contributed by atoms with Gasteiger partial charge in [-0.05, 0) is 25.5 Å². The summed E-state index contributed by atoms with van der Waals surface area (Å²) in [6, 6.07) is 8.01. The molecule has 17 heavy (non-hydrogen) atoms. The van der Waals surface area contributed by atoms with Crippen molar-refractivity contribution in [1.29, 1.82) is 0 Å². The Morgan fingerprint density at radius 1 is 1.29 bits per heavy atom. The minimum atomic E-state index is 0.0306. The molecule has 0 aromatic heterocycles. The van der Waals surface area contributed by atoms with Crippen molar-refractivity contribution in [1.82, 2.24) is 5.32 Å². The lowest BCUT2D eigenvalue weighted by Crippen LogP contribution is -2.32. The maximum atomic E-state index is 12.1. The Morgan fingerprint density at radius 3 is 2.53 bits per heavy atom. The first kappa shape index (κ1) is 14.1. The molecule has 1 N–H and O–H groups in total. The van der Waals surface area contributed by atoms with E-state index in [2.05, 4.69) is 26.1 Å². The van der Waals surface area contributed by atoms with Crippen molar-refractivity contribution in [3.8, 4) is 0 Å². The molecule has 1 aromatic rings. The summed E-state index contributed by atoms with van der Waals surface area (Å²) in [5.74, 6) is 0.0306. The molecule has 0 saturated heterocycles. The van der Waals surface area contributed by atoms with Crippen molar-refractivity contribution in [2.75, 3.05) is 0 Å². The SMILES string of the molecule is CCC(C)NC(=O)c1ccccc1SC(C)C. The summed E-state index contributed by atoms with van der Waals surface area (Å²) < 4.78 is 0. The second-order valence-corrected chi connectivity index (χ2v) is 6.06. The molecule has 1 aromatic carbocycles. The van der Waals surface area contributed by atoms with E-state index < -0.39 is 0 Å². The predicted molar refractivity (Wildman–Crippen MR) is 74.7 cm³/mol. The molecule has 0 aliphatic heterocycles. The Morgan fingerprint density at radius 2 is 1.94 bits per heavy atom. The number of hydrogen-bond donors (Lipinski definition) is 1. The van der Waals surface area contributed by atoms with Gasteiger partial charge in [0.1, 0.15) is 0 Å². The average molecular weight is 251 g/mol. The molecule has 0 radical (unpaired) electrons. The van der Waals surface area contributed by atoms with Crippen LogP contribution in [-0.2, 0) is 0 Å². The van der Waals surface area contributed by atoms with Gasteiger partial charge in [0.15, 0.2) is 0 Å². The van der Waals surface area contributed by atoms with E-state index in [4.69, 9.17) is 0 Å². The highest BCUT2D eigenvalue weighted by atomic mass is 32.2. The number of nitrogens with one attached hydrogen (secondary N) is 1. The fourth-order valence-corrected chi connectivity index (χ4v) is 2.37. The van der Waals surface area contributed by atoms with Gasteiger partial charge < -0.3 is 5.32 Å².